The van der Waals surface area contributed by atoms with E-state index in [2.05, 4.69) is 9.97 Å². The molecule has 0 saturated heterocycles. The van der Waals surface area contributed by atoms with E-state index in [1.54, 1.807) is 29.8 Å². The van der Waals surface area contributed by atoms with E-state index >= 15 is 0 Å². The van der Waals surface area contributed by atoms with Gasteiger partial charge in [-0.3, -0.25) is 4.57 Å². The number of hydrogen-bond acceptors (Lipinski definition) is 3. The Labute approximate surface area is 113 Å². The lowest BCUT2D eigenvalue weighted by atomic mass is 10.2. The van der Waals surface area contributed by atoms with Gasteiger partial charge in [0.05, 0.1) is 17.2 Å². The van der Waals surface area contributed by atoms with Crippen molar-refractivity contribution < 1.29 is 8.78 Å². The van der Waals surface area contributed by atoms with Crippen LogP contribution in [-0.2, 0) is 0 Å². The Morgan fingerprint density at radius 3 is 2.55 bits per heavy atom. The molecule has 102 valence electrons. The van der Waals surface area contributed by atoms with E-state index in [0.29, 0.717) is 22.7 Å². The van der Waals surface area contributed by atoms with Crippen LogP contribution in [0.2, 0.25) is 0 Å². The lowest BCUT2D eigenvalue weighted by Gasteiger charge is -2.11. The van der Waals surface area contributed by atoms with Gasteiger partial charge in [0.15, 0.2) is 5.65 Å². The highest BCUT2D eigenvalue weighted by molar-refractivity contribution is 5.74. The Balaban J connectivity index is 2.36. The Morgan fingerprint density at radius 2 is 1.90 bits per heavy atom. The average Bonchev–Trinajstić information content (AvgIpc) is 2.77. The molecule has 1 aromatic carbocycles. The maximum Gasteiger partial charge on any atom is 0.178 e. The molecule has 2 aromatic heterocycles. The fourth-order valence-corrected chi connectivity index (χ4v) is 2.18. The second kappa shape index (κ2) is 4.64. The van der Waals surface area contributed by atoms with Gasteiger partial charge in [-0.15, -0.1) is 0 Å². The lowest BCUT2D eigenvalue weighted by Crippen LogP contribution is -2.12. The summed E-state index contributed by atoms with van der Waals surface area (Å²) in [7, 11) is 0. The van der Waals surface area contributed by atoms with Crippen LogP contribution in [0.3, 0.4) is 0 Å². The van der Waals surface area contributed by atoms with Gasteiger partial charge in [0.1, 0.15) is 17.5 Å². The summed E-state index contributed by atoms with van der Waals surface area (Å²) in [6, 6.07) is 6.43. The molecule has 0 aliphatic heterocycles. The number of benzene rings is 1. The summed E-state index contributed by atoms with van der Waals surface area (Å²) >= 11 is 0. The molecule has 20 heavy (non-hydrogen) atoms. The largest absolute Gasteiger partial charge is 0.322 e. The van der Waals surface area contributed by atoms with Crippen LogP contribution in [0.15, 0.2) is 36.5 Å². The van der Waals surface area contributed by atoms with Crippen LogP contribution in [0.5, 0.6) is 0 Å². The molecular weight excluding hydrogens is 262 g/mol. The van der Waals surface area contributed by atoms with E-state index in [4.69, 9.17) is 5.73 Å². The van der Waals surface area contributed by atoms with Crippen molar-refractivity contribution in [2.24, 2.45) is 5.73 Å². The van der Waals surface area contributed by atoms with Crippen molar-refractivity contribution in [1.82, 2.24) is 14.5 Å². The quantitative estimate of drug-likeness (QED) is 0.781. The molecule has 0 aliphatic rings. The molecule has 0 spiro atoms. The highest BCUT2D eigenvalue weighted by atomic mass is 19.1. The van der Waals surface area contributed by atoms with Gasteiger partial charge in [-0.2, -0.15) is 0 Å². The van der Waals surface area contributed by atoms with Crippen molar-refractivity contribution in [3.05, 3.63) is 54.0 Å². The molecule has 0 radical (unpaired) electrons. The predicted molar refractivity (Wildman–Crippen MR) is 71.4 cm³/mol. The van der Waals surface area contributed by atoms with Crippen LogP contribution in [-0.4, -0.2) is 14.5 Å². The summed E-state index contributed by atoms with van der Waals surface area (Å²) in [5.41, 5.74) is 7.38. The first-order valence-corrected chi connectivity index (χ1v) is 6.11. The van der Waals surface area contributed by atoms with E-state index in [1.807, 2.05) is 0 Å². The van der Waals surface area contributed by atoms with E-state index in [1.165, 1.54) is 12.1 Å². The molecule has 3 rings (SSSR count). The molecule has 1 atom stereocenters. The minimum Gasteiger partial charge on any atom is -0.322 e. The van der Waals surface area contributed by atoms with Gasteiger partial charge in [0.25, 0.3) is 0 Å². The number of hydrogen-bond donors (Lipinski definition) is 1. The summed E-state index contributed by atoms with van der Waals surface area (Å²) in [6.07, 6.45) is 1.61. The molecule has 2 heterocycles. The number of aromatic nitrogens is 3. The Morgan fingerprint density at radius 1 is 1.20 bits per heavy atom. The number of rotatable bonds is 2. The van der Waals surface area contributed by atoms with Crippen LogP contribution in [0, 0.1) is 11.6 Å². The minimum atomic E-state index is -0.652. The predicted octanol–water partition coefficient (Wildman–Crippen LogP) is 2.72. The Hall–Kier alpha value is -2.34. The van der Waals surface area contributed by atoms with E-state index in [-0.39, 0.29) is 0 Å². The van der Waals surface area contributed by atoms with Crippen LogP contribution >= 0.6 is 0 Å². The number of nitrogens with two attached hydrogens (primary N) is 1. The average molecular weight is 274 g/mol. The summed E-state index contributed by atoms with van der Waals surface area (Å²) in [5.74, 6) is -0.800. The number of fused-ring (bicyclic) bond motifs is 1. The molecule has 2 N–H and O–H groups in total. The minimum absolute atomic E-state index is 0.338. The highest BCUT2D eigenvalue weighted by Gasteiger charge is 2.17. The molecule has 1 unspecified atom stereocenters. The monoisotopic (exact) mass is 274 g/mol. The summed E-state index contributed by atoms with van der Waals surface area (Å²) in [4.78, 5) is 8.47. The number of nitrogens with zero attached hydrogens (tertiary/aromatic N) is 3. The van der Waals surface area contributed by atoms with Crippen LogP contribution in [0.1, 0.15) is 18.8 Å². The van der Waals surface area contributed by atoms with Crippen molar-refractivity contribution >= 4 is 11.2 Å². The second-order valence-electron chi connectivity index (χ2n) is 4.57. The first-order valence-electron chi connectivity index (χ1n) is 6.11. The molecule has 3 aromatic rings. The molecule has 6 heteroatoms. The summed E-state index contributed by atoms with van der Waals surface area (Å²) < 4.78 is 28.5. The normalized spacial score (nSPS) is 12.8. The highest BCUT2D eigenvalue weighted by Crippen LogP contribution is 2.24. The Bertz CT molecular complexity index is 760. The van der Waals surface area contributed by atoms with E-state index < -0.39 is 17.7 Å². The van der Waals surface area contributed by atoms with E-state index in [0.717, 1.165) is 6.07 Å². The molecule has 0 fully saturated rings. The van der Waals surface area contributed by atoms with Gasteiger partial charge in [-0.05, 0) is 31.2 Å². The topological polar surface area (TPSA) is 56.7 Å². The fraction of sp³-hybridized carbons (Fsp3) is 0.143. The van der Waals surface area contributed by atoms with Crippen molar-refractivity contribution in [2.45, 2.75) is 13.0 Å². The second-order valence-corrected chi connectivity index (χ2v) is 4.57. The number of imidazole rings is 1. The van der Waals surface area contributed by atoms with Gasteiger partial charge >= 0.3 is 0 Å². The number of halogens is 2. The zero-order valence-corrected chi connectivity index (χ0v) is 10.7. The zero-order valence-electron chi connectivity index (χ0n) is 10.7. The maximum absolute atomic E-state index is 13.4. The van der Waals surface area contributed by atoms with Crippen molar-refractivity contribution in [1.29, 1.82) is 0 Å². The summed E-state index contributed by atoms with van der Waals surface area (Å²) in [5, 5.41) is 0. The first kappa shape index (κ1) is 12.7. The smallest absolute Gasteiger partial charge is 0.178 e. The lowest BCUT2D eigenvalue weighted by molar-refractivity contribution is 0.580. The van der Waals surface area contributed by atoms with E-state index in [9.17, 15) is 8.78 Å². The van der Waals surface area contributed by atoms with Crippen LogP contribution in [0.4, 0.5) is 8.78 Å². The SMILES string of the molecule is CC(N)c1nc2ncccc2n1-c1cc(F)cc(F)c1. The van der Waals surface area contributed by atoms with Crippen molar-refractivity contribution in [3.8, 4) is 5.69 Å². The van der Waals surface area contributed by atoms with Crippen LogP contribution < -0.4 is 5.73 Å². The molecule has 0 aliphatic carbocycles. The maximum atomic E-state index is 13.4. The van der Waals surface area contributed by atoms with Gasteiger partial charge in [-0.25, -0.2) is 18.7 Å². The third-order valence-electron chi connectivity index (χ3n) is 2.97. The van der Waals surface area contributed by atoms with Gasteiger partial charge in [-0.1, -0.05) is 0 Å². The molecule has 0 amide bonds. The third-order valence-corrected chi connectivity index (χ3v) is 2.97. The standard InChI is InChI=1S/C14H12F2N4/c1-8(17)14-19-13-12(3-2-4-18-13)20(14)11-6-9(15)5-10(16)7-11/h2-8H,17H2,1H3. The zero-order chi connectivity index (χ0) is 14.3. The van der Waals surface area contributed by atoms with Gasteiger partial charge in [0, 0.05) is 12.3 Å². The third kappa shape index (κ3) is 2.04. The fourth-order valence-electron chi connectivity index (χ4n) is 2.18. The van der Waals surface area contributed by atoms with Crippen LogP contribution in [0.25, 0.3) is 16.9 Å². The first-order chi connectivity index (χ1) is 9.56. The molecule has 4 nitrogen and oxygen atoms in total. The molecular formula is C14H12F2N4. The van der Waals surface area contributed by atoms with Gasteiger partial charge < -0.3 is 5.73 Å². The molecule has 0 bridgehead atoms. The molecule has 0 saturated carbocycles. The van der Waals surface area contributed by atoms with Crippen molar-refractivity contribution in [3.63, 3.8) is 0 Å². The Kier molecular flexibility index (Phi) is 2.94. The van der Waals surface area contributed by atoms with Gasteiger partial charge in [0.2, 0.25) is 0 Å². The summed E-state index contributed by atoms with van der Waals surface area (Å²) in [6.45, 7) is 1.76. The number of pyridine rings is 1. The van der Waals surface area contributed by atoms with Crippen molar-refractivity contribution in [2.75, 3.05) is 0 Å².